The maximum atomic E-state index is 13.8. The molecule has 0 aliphatic heterocycles. The molecule has 2 aromatic rings. The van der Waals surface area contributed by atoms with Crippen molar-refractivity contribution in [3.8, 4) is 0 Å². The second-order valence-corrected chi connectivity index (χ2v) is 4.67. The van der Waals surface area contributed by atoms with Gasteiger partial charge in [-0.15, -0.1) is 0 Å². The topological polar surface area (TPSA) is 46.2 Å². The Kier molecular flexibility index (Phi) is 4.30. The zero-order valence-electron chi connectivity index (χ0n) is 10.9. The molecular weight excluding hydrogens is 241 g/mol. The van der Waals surface area contributed by atoms with Gasteiger partial charge >= 0.3 is 0 Å². The van der Waals surface area contributed by atoms with Crippen LogP contribution >= 0.6 is 0 Å². The minimum absolute atomic E-state index is 0.191. The van der Waals surface area contributed by atoms with E-state index in [4.69, 9.17) is 5.73 Å². The largest absolute Gasteiger partial charge is 0.388 e. The van der Waals surface area contributed by atoms with Crippen LogP contribution in [0, 0.1) is 12.7 Å². The number of aliphatic hydroxyl groups excluding tert-OH is 1. The number of nitrogens with two attached hydrogens (primary N) is 1. The van der Waals surface area contributed by atoms with Crippen molar-refractivity contribution < 1.29 is 9.50 Å². The van der Waals surface area contributed by atoms with Crippen LogP contribution in [-0.2, 0) is 0 Å². The second-order valence-electron chi connectivity index (χ2n) is 4.67. The van der Waals surface area contributed by atoms with Crippen LogP contribution in [0.25, 0.3) is 0 Å². The standard InChI is InChI=1S/C16H18FNO/c1-11-6-2-3-7-12(11)16(19)14(10-18)13-8-4-5-9-15(13)17/h2-9,14,16,19H,10,18H2,1H3. The van der Waals surface area contributed by atoms with Gasteiger partial charge in [0.15, 0.2) is 0 Å². The van der Waals surface area contributed by atoms with Crippen molar-refractivity contribution in [2.75, 3.05) is 6.54 Å². The molecule has 0 saturated heterocycles. The van der Waals surface area contributed by atoms with Crippen LogP contribution in [0.3, 0.4) is 0 Å². The van der Waals surface area contributed by atoms with Gasteiger partial charge < -0.3 is 10.8 Å². The van der Waals surface area contributed by atoms with Gasteiger partial charge in [-0.25, -0.2) is 4.39 Å². The molecule has 0 saturated carbocycles. The normalized spacial score (nSPS) is 14.1. The van der Waals surface area contributed by atoms with Crippen molar-refractivity contribution in [3.63, 3.8) is 0 Å². The van der Waals surface area contributed by atoms with Crippen molar-refractivity contribution in [1.29, 1.82) is 0 Å². The predicted octanol–water partition coefficient (Wildman–Crippen LogP) is 2.91. The summed E-state index contributed by atoms with van der Waals surface area (Å²) in [6, 6.07) is 14.0. The molecule has 0 aromatic heterocycles. The van der Waals surface area contributed by atoms with E-state index in [1.54, 1.807) is 18.2 Å². The third-order valence-corrected chi connectivity index (χ3v) is 3.45. The van der Waals surface area contributed by atoms with E-state index in [-0.39, 0.29) is 12.4 Å². The van der Waals surface area contributed by atoms with Gasteiger partial charge in [-0.05, 0) is 29.7 Å². The SMILES string of the molecule is Cc1ccccc1C(O)C(CN)c1ccccc1F. The van der Waals surface area contributed by atoms with Gasteiger partial charge in [-0.2, -0.15) is 0 Å². The van der Waals surface area contributed by atoms with Gasteiger partial charge in [0, 0.05) is 12.5 Å². The van der Waals surface area contributed by atoms with Crippen LogP contribution in [0.2, 0.25) is 0 Å². The first-order chi connectivity index (χ1) is 9.15. The molecule has 0 radical (unpaired) electrons. The highest BCUT2D eigenvalue weighted by Crippen LogP contribution is 2.32. The maximum Gasteiger partial charge on any atom is 0.126 e. The first-order valence-corrected chi connectivity index (χ1v) is 6.33. The highest BCUT2D eigenvalue weighted by molar-refractivity contribution is 5.32. The fraction of sp³-hybridized carbons (Fsp3) is 0.250. The molecule has 3 N–H and O–H groups in total. The third kappa shape index (κ3) is 2.83. The van der Waals surface area contributed by atoms with Crippen molar-refractivity contribution in [3.05, 3.63) is 71.0 Å². The number of benzene rings is 2. The second kappa shape index (κ2) is 5.95. The number of hydrogen-bond acceptors (Lipinski definition) is 2. The number of rotatable bonds is 4. The summed E-state index contributed by atoms with van der Waals surface area (Å²) in [6.07, 6.45) is -0.803. The average Bonchev–Trinajstić information content (AvgIpc) is 2.42. The Hall–Kier alpha value is -1.71. The molecule has 0 aliphatic rings. The van der Waals surface area contributed by atoms with Gasteiger partial charge in [0.25, 0.3) is 0 Å². The zero-order valence-corrected chi connectivity index (χ0v) is 10.9. The lowest BCUT2D eigenvalue weighted by molar-refractivity contribution is 0.145. The Morgan fingerprint density at radius 3 is 2.21 bits per heavy atom. The molecule has 0 heterocycles. The van der Waals surface area contributed by atoms with Crippen LogP contribution in [0.15, 0.2) is 48.5 Å². The fourth-order valence-electron chi connectivity index (χ4n) is 2.34. The van der Waals surface area contributed by atoms with Crippen LogP contribution in [-0.4, -0.2) is 11.7 Å². The number of hydrogen-bond donors (Lipinski definition) is 2. The molecule has 0 spiro atoms. The highest BCUT2D eigenvalue weighted by Gasteiger charge is 2.24. The minimum Gasteiger partial charge on any atom is -0.388 e. The molecule has 2 rings (SSSR count). The van der Waals surface area contributed by atoms with E-state index in [0.717, 1.165) is 11.1 Å². The van der Waals surface area contributed by atoms with Gasteiger partial charge in [0.1, 0.15) is 5.82 Å². The molecule has 2 unspecified atom stereocenters. The zero-order chi connectivity index (χ0) is 13.8. The Morgan fingerprint density at radius 1 is 1.05 bits per heavy atom. The lowest BCUT2D eigenvalue weighted by Crippen LogP contribution is -2.21. The number of aliphatic hydroxyl groups is 1. The Balaban J connectivity index is 2.38. The van der Waals surface area contributed by atoms with Crippen molar-refractivity contribution in [2.24, 2.45) is 5.73 Å². The van der Waals surface area contributed by atoms with Gasteiger partial charge in [-0.1, -0.05) is 42.5 Å². The summed E-state index contributed by atoms with van der Waals surface area (Å²) in [7, 11) is 0. The summed E-state index contributed by atoms with van der Waals surface area (Å²) in [4.78, 5) is 0. The fourth-order valence-corrected chi connectivity index (χ4v) is 2.34. The Morgan fingerprint density at radius 2 is 1.63 bits per heavy atom. The van der Waals surface area contributed by atoms with Crippen LogP contribution in [0.1, 0.15) is 28.7 Å². The van der Waals surface area contributed by atoms with E-state index in [9.17, 15) is 9.50 Å². The molecule has 0 bridgehead atoms. The van der Waals surface area contributed by atoms with E-state index in [1.165, 1.54) is 6.07 Å². The molecule has 2 atom stereocenters. The van der Waals surface area contributed by atoms with Crippen molar-refractivity contribution >= 4 is 0 Å². The van der Waals surface area contributed by atoms with Crippen LogP contribution in [0.4, 0.5) is 4.39 Å². The third-order valence-electron chi connectivity index (χ3n) is 3.45. The average molecular weight is 259 g/mol. The summed E-state index contributed by atoms with van der Waals surface area (Å²) >= 11 is 0. The monoisotopic (exact) mass is 259 g/mol. The van der Waals surface area contributed by atoms with Crippen LogP contribution in [0.5, 0.6) is 0 Å². The molecule has 2 nitrogen and oxygen atoms in total. The molecule has 3 heteroatoms. The number of halogens is 1. The Bertz CT molecular complexity index is 556. The maximum absolute atomic E-state index is 13.8. The van der Waals surface area contributed by atoms with Crippen LogP contribution < -0.4 is 5.73 Å². The molecule has 0 aliphatic carbocycles. The summed E-state index contributed by atoms with van der Waals surface area (Å²) in [5.41, 5.74) is 7.96. The van der Waals surface area contributed by atoms with Crippen molar-refractivity contribution in [2.45, 2.75) is 18.9 Å². The number of aryl methyl sites for hydroxylation is 1. The van der Waals surface area contributed by atoms with E-state index >= 15 is 0 Å². The van der Waals surface area contributed by atoms with E-state index in [2.05, 4.69) is 0 Å². The summed E-state index contributed by atoms with van der Waals surface area (Å²) < 4.78 is 13.8. The first-order valence-electron chi connectivity index (χ1n) is 6.33. The minimum atomic E-state index is -0.803. The van der Waals surface area contributed by atoms with E-state index < -0.39 is 12.0 Å². The summed E-state index contributed by atoms with van der Waals surface area (Å²) in [5, 5.41) is 10.5. The summed E-state index contributed by atoms with van der Waals surface area (Å²) in [6.45, 7) is 2.11. The van der Waals surface area contributed by atoms with E-state index in [0.29, 0.717) is 5.56 Å². The lowest BCUT2D eigenvalue weighted by Gasteiger charge is -2.24. The molecule has 19 heavy (non-hydrogen) atoms. The highest BCUT2D eigenvalue weighted by atomic mass is 19.1. The molecule has 0 fully saturated rings. The van der Waals surface area contributed by atoms with E-state index in [1.807, 2.05) is 31.2 Å². The van der Waals surface area contributed by atoms with Gasteiger partial charge in [0.2, 0.25) is 0 Å². The summed E-state index contributed by atoms with van der Waals surface area (Å²) in [5.74, 6) is -0.770. The molecular formula is C16H18FNO. The quantitative estimate of drug-likeness (QED) is 0.886. The molecule has 2 aromatic carbocycles. The van der Waals surface area contributed by atoms with Gasteiger partial charge in [-0.3, -0.25) is 0 Å². The first kappa shape index (κ1) is 13.7. The van der Waals surface area contributed by atoms with Crippen molar-refractivity contribution in [1.82, 2.24) is 0 Å². The predicted molar refractivity (Wildman–Crippen MR) is 74.3 cm³/mol. The molecule has 0 amide bonds. The smallest absolute Gasteiger partial charge is 0.126 e. The Labute approximate surface area is 112 Å². The van der Waals surface area contributed by atoms with Gasteiger partial charge in [0.05, 0.1) is 6.10 Å². The molecule has 100 valence electrons. The lowest BCUT2D eigenvalue weighted by atomic mass is 9.87.